The highest BCUT2D eigenvalue weighted by Crippen LogP contribution is 2.38. The number of anilines is 1. The monoisotopic (exact) mass is 397 g/mol. The van der Waals surface area contributed by atoms with E-state index in [2.05, 4.69) is 21.0 Å². The van der Waals surface area contributed by atoms with Gasteiger partial charge < -0.3 is 9.64 Å². The van der Waals surface area contributed by atoms with E-state index in [1.807, 2.05) is 55.6 Å². The number of carbonyl (C=O) groups is 1. The van der Waals surface area contributed by atoms with Crippen LogP contribution in [0.15, 0.2) is 53.0 Å². The maximum atomic E-state index is 13.0. The quantitative estimate of drug-likeness (QED) is 0.655. The minimum Gasteiger partial charge on any atom is -0.488 e. The third-order valence-electron chi connectivity index (χ3n) is 4.38. The molecule has 0 saturated carbocycles. The Morgan fingerprint density at radius 3 is 2.68 bits per heavy atom. The van der Waals surface area contributed by atoms with Crippen LogP contribution in [0, 0.1) is 0 Å². The summed E-state index contributed by atoms with van der Waals surface area (Å²) in [6.45, 7) is 0.343. The highest BCUT2D eigenvalue weighted by atomic mass is 79.9. The number of aromatic nitrogens is 2. The van der Waals surface area contributed by atoms with Gasteiger partial charge in [-0.05, 0) is 36.4 Å². The molecule has 0 atom stereocenters. The number of aryl methyl sites for hydroxylation is 1. The molecule has 6 heteroatoms. The van der Waals surface area contributed by atoms with Gasteiger partial charge in [-0.1, -0.05) is 28.1 Å². The fraction of sp³-hybridized carbons (Fsp3) is 0.158. The van der Waals surface area contributed by atoms with E-state index in [9.17, 15) is 4.79 Å². The summed E-state index contributed by atoms with van der Waals surface area (Å²) in [5.74, 6) is 0.667. The lowest BCUT2D eigenvalue weighted by Crippen LogP contribution is -2.28. The fourth-order valence-electron chi connectivity index (χ4n) is 3.09. The summed E-state index contributed by atoms with van der Waals surface area (Å²) in [5, 5.41) is 4.49. The van der Waals surface area contributed by atoms with Crippen LogP contribution >= 0.6 is 15.9 Å². The number of ether oxygens (including phenoxy) is 1. The Bertz CT molecular complexity index is 963. The maximum absolute atomic E-state index is 13.0. The number of nitrogens with zero attached hydrogens (tertiary/aromatic N) is 3. The molecule has 0 fully saturated rings. The second kappa shape index (κ2) is 6.04. The van der Waals surface area contributed by atoms with E-state index < -0.39 is 0 Å². The highest BCUT2D eigenvalue weighted by molar-refractivity contribution is 9.10. The Morgan fingerprint density at radius 2 is 1.92 bits per heavy atom. The molecule has 5 nitrogen and oxygen atoms in total. The lowest BCUT2D eigenvalue weighted by Gasteiger charge is -2.20. The van der Waals surface area contributed by atoms with Gasteiger partial charge in [0.25, 0.3) is 5.91 Å². The van der Waals surface area contributed by atoms with Crippen molar-refractivity contribution in [1.82, 2.24) is 9.78 Å². The molecule has 0 radical (unpaired) electrons. The minimum atomic E-state index is -0.151. The first-order chi connectivity index (χ1) is 12.1. The van der Waals surface area contributed by atoms with Gasteiger partial charge in [0.1, 0.15) is 12.4 Å². The molecule has 2 heterocycles. The lowest BCUT2D eigenvalue weighted by molar-refractivity contribution is 0.0985. The van der Waals surface area contributed by atoms with Crippen molar-refractivity contribution >= 4 is 27.5 Å². The smallest absolute Gasteiger partial charge is 0.278 e. The number of amides is 1. The van der Waals surface area contributed by atoms with Crippen molar-refractivity contribution < 1.29 is 9.53 Å². The van der Waals surface area contributed by atoms with Gasteiger partial charge in [0, 0.05) is 35.4 Å². The zero-order chi connectivity index (χ0) is 17.6. The molecular weight excluding hydrogens is 382 g/mol. The van der Waals surface area contributed by atoms with Crippen molar-refractivity contribution in [1.29, 1.82) is 0 Å². The van der Waals surface area contributed by atoms with Gasteiger partial charge in [-0.3, -0.25) is 9.48 Å². The van der Waals surface area contributed by atoms with Crippen LogP contribution in [0.4, 0.5) is 5.69 Å². The standard InChI is InChI=1S/C19H16BrN3O2/c1-22(13-9-7-12(20)8-10-13)19(24)17-15-11-25-16-6-4-3-5-14(16)18(15)23(2)21-17/h3-10H,11H2,1-2H3. The summed E-state index contributed by atoms with van der Waals surface area (Å²) in [7, 11) is 3.61. The number of halogens is 1. The van der Waals surface area contributed by atoms with Crippen molar-refractivity contribution in [2.75, 3.05) is 11.9 Å². The predicted octanol–water partition coefficient (Wildman–Crippen LogP) is 4.02. The molecule has 1 aromatic heterocycles. The summed E-state index contributed by atoms with van der Waals surface area (Å²) in [5.41, 5.74) is 3.97. The normalized spacial score (nSPS) is 12.1. The average molecular weight is 398 g/mol. The second-order valence-corrected chi connectivity index (χ2v) is 6.84. The van der Waals surface area contributed by atoms with Crippen LogP contribution in [-0.4, -0.2) is 22.7 Å². The second-order valence-electron chi connectivity index (χ2n) is 5.92. The number of benzene rings is 2. The molecule has 0 N–H and O–H groups in total. The zero-order valence-electron chi connectivity index (χ0n) is 13.9. The number of para-hydroxylation sites is 1. The van der Waals surface area contributed by atoms with E-state index in [-0.39, 0.29) is 5.91 Å². The molecule has 0 aliphatic carbocycles. The van der Waals surface area contributed by atoms with E-state index in [0.717, 1.165) is 32.7 Å². The molecule has 1 amide bonds. The predicted molar refractivity (Wildman–Crippen MR) is 99.9 cm³/mol. The average Bonchev–Trinajstić information content (AvgIpc) is 2.98. The van der Waals surface area contributed by atoms with E-state index in [1.165, 1.54) is 0 Å². The molecule has 0 unspecified atom stereocenters. The van der Waals surface area contributed by atoms with Crippen LogP contribution in [0.3, 0.4) is 0 Å². The van der Waals surface area contributed by atoms with Gasteiger partial charge in [-0.25, -0.2) is 0 Å². The Balaban J connectivity index is 1.75. The molecule has 3 aromatic rings. The third kappa shape index (κ3) is 2.62. The molecule has 126 valence electrons. The molecule has 0 bridgehead atoms. The Labute approximate surface area is 154 Å². The molecule has 1 aliphatic heterocycles. The van der Waals surface area contributed by atoms with Gasteiger partial charge in [-0.15, -0.1) is 0 Å². The summed E-state index contributed by atoms with van der Waals surface area (Å²) in [6.07, 6.45) is 0. The summed E-state index contributed by atoms with van der Waals surface area (Å²) in [4.78, 5) is 14.6. The fourth-order valence-corrected chi connectivity index (χ4v) is 3.36. The van der Waals surface area contributed by atoms with Crippen molar-refractivity contribution in [2.24, 2.45) is 7.05 Å². The molecule has 2 aromatic carbocycles. The summed E-state index contributed by atoms with van der Waals surface area (Å²) >= 11 is 3.41. The van der Waals surface area contributed by atoms with Crippen LogP contribution in [0.1, 0.15) is 16.1 Å². The van der Waals surface area contributed by atoms with E-state index in [4.69, 9.17) is 4.74 Å². The molecule has 25 heavy (non-hydrogen) atoms. The third-order valence-corrected chi connectivity index (χ3v) is 4.91. The van der Waals surface area contributed by atoms with E-state index in [1.54, 1.807) is 16.6 Å². The number of rotatable bonds is 2. The van der Waals surface area contributed by atoms with Crippen LogP contribution in [-0.2, 0) is 13.7 Å². The maximum Gasteiger partial charge on any atom is 0.278 e. The lowest BCUT2D eigenvalue weighted by atomic mass is 10.0. The number of carbonyl (C=O) groups excluding carboxylic acids is 1. The van der Waals surface area contributed by atoms with Gasteiger partial charge in [0.05, 0.1) is 5.69 Å². The Kier molecular flexibility index (Phi) is 3.84. The molecule has 0 saturated heterocycles. The van der Waals surface area contributed by atoms with Crippen molar-refractivity contribution in [3.8, 4) is 17.0 Å². The minimum absolute atomic E-state index is 0.151. The van der Waals surface area contributed by atoms with Crippen molar-refractivity contribution in [3.63, 3.8) is 0 Å². The van der Waals surface area contributed by atoms with Crippen LogP contribution < -0.4 is 9.64 Å². The van der Waals surface area contributed by atoms with Crippen LogP contribution in [0.2, 0.25) is 0 Å². The van der Waals surface area contributed by atoms with Crippen LogP contribution in [0.5, 0.6) is 5.75 Å². The van der Waals surface area contributed by atoms with E-state index >= 15 is 0 Å². The molecule has 4 rings (SSSR count). The Hall–Kier alpha value is -2.60. The zero-order valence-corrected chi connectivity index (χ0v) is 15.4. The number of fused-ring (bicyclic) bond motifs is 3. The first-order valence-corrected chi connectivity index (χ1v) is 8.67. The van der Waals surface area contributed by atoms with E-state index in [0.29, 0.717) is 12.3 Å². The number of hydrogen-bond acceptors (Lipinski definition) is 3. The molecular formula is C19H16BrN3O2. The van der Waals surface area contributed by atoms with Crippen LogP contribution in [0.25, 0.3) is 11.3 Å². The highest BCUT2D eigenvalue weighted by Gasteiger charge is 2.29. The molecule has 1 aliphatic rings. The Morgan fingerprint density at radius 1 is 1.20 bits per heavy atom. The topological polar surface area (TPSA) is 47.4 Å². The largest absolute Gasteiger partial charge is 0.488 e. The van der Waals surface area contributed by atoms with Crippen molar-refractivity contribution in [3.05, 3.63) is 64.3 Å². The number of hydrogen-bond donors (Lipinski definition) is 0. The first-order valence-electron chi connectivity index (χ1n) is 7.88. The SMILES string of the molecule is CN(C(=O)c1nn(C)c2c1COc1ccccc1-2)c1ccc(Br)cc1. The van der Waals surface area contributed by atoms with Gasteiger partial charge >= 0.3 is 0 Å². The van der Waals surface area contributed by atoms with Gasteiger partial charge in [-0.2, -0.15) is 5.10 Å². The van der Waals surface area contributed by atoms with Gasteiger partial charge in [0.15, 0.2) is 5.69 Å². The molecule has 0 spiro atoms. The summed E-state index contributed by atoms with van der Waals surface area (Å²) < 4.78 is 8.56. The first kappa shape index (κ1) is 15.9. The van der Waals surface area contributed by atoms with Crippen molar-refractivity contribution in [2.45, 2.75) is 6.61 Å². The van der Waals surface area contributed by atoms with Gasteiger partial charge in [0.2, 0.25) is 0 Å². The summed E-state index contributed by atoms with van der Waals surface area (Å²) in [6, 6.07) is 15.4.